The predicted molar refractivity (Wildman–Crippen MR) is 82.1 cm³/mol. The van der Waals surface area contributed by atoms with Crippen LogP contribution in [0.2, 0.25) is 0 Å². The van der Waals surface area contributed by atoms with Gasteiger partial charge >= 0.3 is 0 Å². The maximum Gasteiger partial charge on any atom is 0.0443 e. The summed E-state index contributed by atoms with van der Waals surface area (Å²) >= 11 is 0. The fraction of sp³-hybridized carbons (Fsp3) is 1.00. The van der Waals surface area contributed by atoms with Crippen LogP contribution >= 0.6 is 0 Å². The van der Waals surface area contributed by atoms with E-state index in [1.165, 1.54) is 19.3 Å². The second-order valence-corrected chi connectivity index (χ2v) is 6.18. The molecular weight excluding hydrogens is 224 g/mol. The summed E-state index contributed by atoms with van der Waals surface area (Å²) in [4.78, 5) is 2.25. The number of rotatable bonds is 7. The predicted octanol–water partition coefficient (Wildman–Crippen LogP) is 2.74. The van der Waals surface area contributed by atoms with Gasteiger partial charge in [-0.05, 0) is 32.2 Å². The molecule has 1 aliphatic rings. The van der Waals surface area contributed by atoms with Gasteiger partial charge in [0, 0.05) is 33.2 Å². The average Bonchev–Trinajstić information content (AvgIpc) is 2.20. The Kier molecular flexibility index (Phi) is 10.7. The van der Waals surface area contributed by atoms with Gasteiger partial charge in [0.25, 0.3) is 0 Å². The highest BCUT2D eigenvalue weighted by Crippen LogP contribution is 2.18. The summed E-state index contributed by atoms with van der Waals surface area (Å²) in [7, 11) is 2.09. The zero-order valence-corrected chi connectivity index (χ0v) is 13.1. The second-order valence-electron chi connectivity index (χ2n) is 6.18. The molecule has 1 aliphatic carbocycles. The van der Waals surface area contributed by atoms with Gasteiger partial charge in [-0.1, -0.05) is 34.1 Å². The molecule has 0 heterocycles. The van der Waals surface area contributed by atoms with Crippen molar-refractivity contribution in [2.24, 2.45) is 5.92 Å². The van der Waals surface area contributed by atoms with E-state index >= 15 is 0 Å². The first-order valence-electron chi connectivity index (χ1n) is 7.51. The Morgan fingerprint density at radius 3 is 2.17 bits per heavy atom. The molecule has 1 saturated carbocycles. The lowest BCUT2D eigenvalue weighted by Gasteiger charge is -2.28. The first-order chi connectivity index (χ1) is 8.45. The van der Waals surface area contributed by atoms with E-state index in [1.54, 1.807) is 0 Å². The summed E-state index contributed by atoms with van der Waals surface area (Å²) < 4.78 is 0. The Labute approximate surface area is 115 Å². The SMILES string of the molecule is CC(C)CN(C)CCCO.CC(C)NC1CCC1.[HH]. The fourth-order valence-electron chi connectivity index (χ4n) is 2.10. The largest absolute Gasteiger partial charge is 0.396 e. The van der Waals surface area contributed by atoms with E-state index in [9.17, 15) is 0 Å². The van der Waals surface area contributed by atoms with Gasteiger partial charge in [-0.25, -0.2) is 0 Å². The van der Waals surface area contributed by atoms with Gasteiger partial charge in [-0.3, -0.25) is 0 Å². The van der Waals surface area contributed by atoms with E-state index in [1.807, 2.05) is 0 Å². The van der Waals surface area contributed by atoms with Crippen molar-refractivity contribution in [1.29, 1.82) is 0 Å². The summed E-state index contributed by atoms with van der Waals surface area (Å²) in [6, 6.07) is 1.54. The van der Waals surface area contributed by atoms with Crippen LogP contribution in [0.5, 0.6) is 0 Å². The van der Waals surface area contributed by atoms with Crippen molar-refractivity contribution in [1.82, 2.24) is 10.2 Å². The van der Waals surface area contributed by atoms with Crippen LogP contribution in [0.25, 0.3) is 0 Å². The molecule has 0 aromatic rings. The lowest BCUT2D eigenvalue weighted by Crippen LogP contribution is -2.39. The highest BCUT2D eigenvalue weighted by Gasteiger charge is 2.16. The van der Waals surface area contributed by atoms with Gasteiger partial charge in [0.05, 0.1) is 0 Å². The lowest BCUT2D eigenvalue weighted by molar-refractivity contribution is 0.235. The molecule has 0 aromatic carbocycles. The maximum absolute atomic E-state index is 8.52. The summed E-state index contributed by atoms with van der Waals surface area (Å²) in [5.74, 6) is 0.726. The van der Waals surface area contributed by atoms with Crippen molar-refractivity contribution >= 4 is 0 Å². The minimum absolute atomic E-state index is 0. The van der Waals surface area contributed by atoms with Gasteiger partial charge in [-0.15, -0.1) is 0 Å². The minimum Gasteiger partial charge on any atom is -0.396 e. The molecule has 0 atom stereocenters. The summed E-state index contributed by atoms with van der Waals surface area (Å²) in [5, 5.41) is 12.0. The lowest BCUT2D eigenvalue weighted by atomic mass is 9.93. The third kappa shape index (κ3) is 11.0. The molecule has 3 heteroatoms. The number of hydrogen-bond donors (Lipinski definition) is 2. The van der Waals surface area contributed by atoms with Crippen LogP contribution in [0, 0.1) is 5.92 Å². The smallest absolute Gasteiger partial charge is 0.0443 e. The van der Waals surface area contributed by atoms with Gasteiger partial charge in [0.2, 0.25) is 0 Å². The number of hydrogen-bond acceptors (Lipinski definition) is 3. The van der Waals surface area contributed by atoms with Crippen molar-refractivity contribution in [3.05, 3.63) is 0 Å². The van der Waals surface area contributed by atoms with Crippen LogP contribution in [-0.2, 0) is 0 Å². The normalized spacial score (nSPS) is 15.8. The van der Waals surface area contributed by atoms with Crippen molar-refractivity contribution in [3.8, 4) is 0 Å². The van der Waals surface area contributed by atoms with E-state index in [0.717, 1.165) is 31.5 Å². The Hall–Kier alpha value is -0.120. The highest BCUT2D eigenvalue weighted by atomic mass is 16.3. The number of aliphatic hydroxyl groups excluding tert-OH is 1. The van der Waals surface area contributed by atoms with Gasteiger partial charge < -0.3 is 15.3 Å². The van der Waals surface area contributed by atoms with Crippen LogP contribution in [0.15, 0.2) is 0 Å². The summed E-state index contributed by atoms with van der Waals surface area (Å²) in [6.45, 7) is 11.3. The summed E-state index contributed by atoms with van der Waals surface area (Å²) in [5.41, 5.74) is 0. The molecule has 1 fully saturated rings. The zero-order chi connectivity index (χ0) is 14.0. The Balaban J connectivity index is 0. The van der Waals surface area contributed by atoms with Crippen LogP contribution in [-0.4, -0.2) is 48.8 Å². The van der Waals surface area contributed by atoms with Gasteiger partial charge in [0.1, 0.15) is 0 Å². The van der Waals surface area contributed by atoms with Crippen molar-refractivity contribution < 1.29 is 6.53 Å². The molecule has 0 unspecified atom stereocenters. The Bertz CT molecular complexity index is 185. The third-order valence-corrected chi connectivity index (χ3v) is 3.05. The summed E-state index contributed by atoms with van der Waals surface area (Å²) in [6.07, 6.45) is 5.13. The van der Waals surface area contributed by atoms with Crippen LogP contribution in [0.4, 0.5) is 0 Å². The quantitative estimate of drug-likeness (QED) is 0.739. The zero-order valence-electron chi connectivity index (χ0n) is 13.1. The molecule has 1 rings (SSSR count). The molecule has 0 amide bonds. The van der Waals surface area contributed by atoms with Crippen LogP contribution in [0.1, 0.15) is 54.8 Å². The number of nitrogens with one attached hydrogen (secondary N) is 1. The van der Waals surface area contributed by atoms with E-state index in [2.05, 4.69) is 45.0 Å². The molecule has 0 aliphatic heterocycles. The van der Waals surface area contributed by atoms with Crippen molar-refractivity contribution in [2.45, 2.75) is 65.5 Å². The maximum atomic E-state index is 8.52. The molecule has 18 heavy (non-hydrogen) atoms. The molecule has 0 radical (unpaired) electrons. The van der Waals surface area contributed by atoms with Crippen LogP contribution in [0.3, 0.4) is 0 Å². The van der Waals surface area contributed by atoms with Gasteiger partial charge in [-0.2, -0.15) is 0 Å². The van der Waals surface area contributed by atoms with Crippen LogP contribution < -0.4 is 5.32 Å². The fourth-order valence-corrected chi connectivity index (χ4v) is 2.10. The van der Waals surface area contributed by atoms with Crippen molar-refractivity contribution in [2.75, 3.05) is 26.7 Å². The van der Waals surface area contributed by atoms with E-state index in [4.69, 9.17) is 5.11 Å². The van der Waals surface area contributed by atoms with Gasteiger partial charge in [0.15, 0.2) is 0 Å². The molecule has 2 N–H and O–H groups in total. The molecule has 3 nitrogen and oxygen atoms in total. The number of nitrogens with zero attached hydrogens (tertiary/aromatic N) is 1. The first kappa shape index (κ1) is 17.9. The monoisotopic (exact) mass is 260 g/mol. The van der Waals surface area contributed by atoms with E-state index < -0.39 is 0 Å². The minimum atomic E-state index is 0. The molecule has 0 saturated heterocycles. The standard InChI is InChI=1S/C8H19NO.C7H15N.H2/c1-8(2)7-9(3)5-4-6-10;1-6(2)8-7-4-3-5-7;/h8,10H,4-7H2,1-3H3;6-8H,3-5H2,1-2H3;1H. The van der Waals surface area contributed by atoms with E-state index in [-0.39, 0.29) is 1.43 Å². The topological polar surface area (TPSA) is 35.5 Å². The molecule has 0 aromatic heterocycles. The number of aliphatic hydroxyl groups is 1. The molecule has 0 bridgehead atoms. The first-order valence-corrected chi connectivity index (χ1v) is 7.51. The highest BCUT2D eigenvalue weighted by molar-refractivity contribution is 4.77. The molecular formula is C15H36N2O. The third-order valence-electron chi connectivity index (χ3n) is 3.05. The van der Waals surface area contributed by atoms with Crippen molar-refractivity contribution in [3.63, 3.8) is 0 Å². The Morgan fingerprint density at radius 1 is 1.28 bits per heavy atom. The molecule has 112 valence electrons. The average molecular weight is 260 g/mol. The Morgan fingerprint density at radius 2 is 1.89 bits per heavy atom. The van der Waals surface area contributed by atoms with E-state index in [0.29, 0.717) is 12.6 Å². The molecule has 0 spiro atoms. The second kappa shape index (κ2) is 10.8.